The van der Waals surface area contributed by atoms with Gasteiger partial charge in [0, 0.05) is 32.0 Å². The second-order valence-corrected chi connectivity index (χ2v) is 7.91. The molecule has 1 aliphatic carbocycles. The Balaban J connectivity index is 1.26. The molecule has 0 unspecified atom stereocenters. The first-order chi connectivity index (χ1) is 14.4. The van der Waals surface area contributed by atoms with E-state index < -0.39 is 17.9 Å². The van der Waals surface area contributed by atoms with Gasteiger partial charge in [-0.25, -0.2) is 9.97 Å². The lowest BCUT2D eigenvalue weighted by molar-refractivity contribution is -0.141. The summed E-state index contributed by atoms with van der Waals surface area (Å²) in [5.74, 6) is 0.711. The Hall–Kier alpha value is -2.75. The van der Waals surface area contributed by atoms with Gasteiger partial charge in [0.15, 0.2) is 0 Å². The van der Waals surface area contributed by atoms with Crippen LogP contribution in [0.1, 0.15) is 36.6 Å². The summed E-state index contributed by atoms with van der Waals surface area (Å²) in [6.07, 6.45) is 1.31. The number of anilines is 1. The van der Waals surface area contributed by atoms with Gasteiger partial charge < -0.3 is 4.74 Å². The van der Waals surface area contributed by atoms with Crippen molar-refractivity contribution in [1.82, 2.24) is 19.9 Å². The zero-order valence-electron chi connectivity index (χ0n) is 16.0. The van der Waals surface area contributed by atoms with Gasteiger partial charge in [-0.1, -0.05) is 6.07 Å². The van der Waals surface area contributed by atoms with E-state index >= 15 is 0 Å². The molecule has 158 valence electrons. The molecule has 2 aromatic heterocycles. The fourth-order valence-corrected chi connectivity index (χ4v) is 4.08. The highest BCUT2D eigenvalue weighted by molar-refractivity contribution is 5.97. The maximum absolute atomic E-state index is 13.0. The van der Waals surface area contributed by atoms with Crippen LogP contribution in [0.25, 0.3) is 0 Å². The molecule has 4 heterocycles. The number of halogens is 3. The van der Waals surface area contributed by atoms with Crippen molar-refractivity contribution in [3.8, 4) is 5.88 Å². The zero-order chi connectivity index (χ0) is 20.9. The summed E-state index contributed by atoms with van der Waals surface area (Å²) in [4.78, 5) is 28.7. The normalized spacial score (nSPS) is 24.8. The number of hydrogen-bond acceptors (Lipinski definition) is 6. The number of aromatic nitrogens is 3. The number of ether oxygens (including phenoxy) is 1. The molecular weight excluding hydrogens is 399 g/mol. The lowest BCUT2D eigenvalue weighted by Gasteiger charge is -2.35. The van der Waals surface area contributed by atoms with E-state index in [0.717, 1.165) is 24.6 Å². The van der Waals surface area contributed by atoms with Gasteiger partial charge in [-0.2, -0.15) is 13.2 Å². The van der Waals surface area contributed by atoms with E-state index in [1.165, 1.54) is 17.0 Å². The minimum atomic E-state index is -4.55. The Kier molecular flexibility index (Phi) is 4.61. The Morgan fingerprint density at radius 2 is 1.93 bits per heavy atom. The number of nitrogens with zero attached hydrogens (tertiary/aromatic N) is 5. The molecule has 2 aromatic rings. The molecule has 2 aliphatic heterocycles. The van der Waals surface area contributed by atoms with Crippen LogP contribution < -0.4 is 9.64 Å². The van der Waals surface area contributed by atoms with Crippen molar-refractivity contribution in [3.63, 3.8) is 0 Å². The SMILES string of the molecule is O=C1[C@H]2C[C@@H](Oc3cnc(C4CC4)cn3)CN2CCN1c1cccc(C(F)(F)F)n1. The summed E-state index contributed by atoms with van der Waals surface area (Å²) < 4.78 is 44.9. The lowest BCUT2D eigenvalue weighted by Crippen LogP contribution is -2.54. The van der Waals surface area contributed by atoms with E-state index in [9.17, 15) is 18.0 Å². The molecule has 10 heteroatoms. The van der Waals surface area contributed by atoms with Crippen LogP contribution in [-0.2, 0) is 11.0 Å². The highest BCUT2D eigenvalue weighted by Crippen LogP contribution is 2.38. The fourth-order valence-electron chi connectivity index (χ4n) is 4.08. The molecule has 1 amide bonds. The Bertz CT molecular complexity index is 948. The van der Waals surface area contributed by atoms with Gasteiger partial charge in [-0.05, 0) is 25.0 Å². The van der Waals surface area contributed by atoms with Crippen molar-refractivity contribution >= 4 is 11.7 Å². The highest BCUT2D eigenvalue weighted by Gasteiger charge is 2.44. The van der Waals surface area contributed by atoms with Gasteiger partial charge in [0.2, 0.25) is 11.8 Å². The van der Waals surface area contributed by atoms with Crippen molar-refractivity contribution in [2.75, 3.05) is 24.5 Å². The number of carbonyl (C=O) groups excluding carboxylic acids is 1. The molecular formula is C20H20F3N5O2. The molecule has 3 aliphatic rings. The largest absolute Gasteiger partial charge is 0.472 e. The zero-order valence-corrected chi connectivity index (χ0v) is 16.0. The Morgan fingerprint density at radius 3 is 2.63 bits per heavy atom. The van der Waals surface area contributed by atoms with Crippen molar-refractivity contribution in [3.05, 3.63) is 42.0 Å². The van der Waals surface area contributed by atoms with E-state index in [1.54, 1.807) is 12.4 Å². The Labute approximate surface area is 170 Å². The van der Waals surface area contributed by atoms with Gasteiger partial charge in [0.05, 0.1) is 24.1 Å². The summed E-state index contributed by atoms with van der Waals surface area (Å²) in [6.45, 7) is 1.39. The molecule has 1 saturated carbocycles. The molecule has 3 fully saturated rings. The first-order valence-corrected chi connectivity index (χ1v) is 9.97. The van der Waals surface area contributed by atoms with E-state index in [0.29, 0.717) is 31.3 Å². The third-order valence-corrected chi connectivity index (χ3v) is 5.76. The summed E-state index contributed by atoms with van der Waals surface area (Å²) in [5, 5.41) is 0. The van der Waals surface area contributed by atoms with Gasteiger partial charge in [-0.15, -0.1) is 0 Å². The summed E-state index contributed by atoms with van der Waals surface area (Å²) in [6, 6.07) is 3.16. The predicted molar refractivity (Wildman–Crippen MR) is 100.0 cm³/mol. The second-order valence-electron chi connectivity index (χ2n) is 7.91. The highest BCUT2D eigenvalue weighted by atomic mass is 19.4. The molecule has 30 heavy (non-hydrogen) atoms. The van der Waals surface area contributed by atoms with Crippen LogP contribution in [0, 0.1) is 0 Å². The van der Waals surface area contributed by atoms with Crippen LogP contribution >= 0.6 is 0 Å². The lowest BCUT2D eigenvalue weighted by atomic mass is 10.1. The first-order valence-electron chi connectivity index (χ1n) is 9.97. The number of amides is 1. The standard InChI is InChI=1S/C20H20F3N5O2/c21-20(22,23)16-2-1-3-17(26-16)28-7-6-27-11-13(8-15(27)19(28)29)30-18-10-24-14(9-25-18)12-4-5-12/h1-3,9-10,12-13,15H,4-8,11H2/t13-,15-/m1/s1. The molecule has 0 radical (unpaired) electrons. The van der Waals surface area contributed by atoms with Crippen LogP contribution in [0.3, 0.4) is 0 Å². The van der Waals surface area contributed by atoms with Crippen molar-refractivity contribution in [2.45, 2.75) is 43.5 Å². The molecule has 7 nitrogen and oxygen atoms in total. The number of fused-ring (bicyclic) bond motifs is 1. The molecule has 0 N–H and O–H groups in total. The minimum Gasteiger partial charge on any atom is -0.472 e. The van der Waals surface area contributed by atoms with Gasteiger partial charge in [0.25, 0.3) is 0 Å². The van der Waals surface area contributed by atoms with Gasteiger partial charge >= 0.3 is 6.18 Å². The molecule has 2 atom stereocenters. The smallest absolute Gasteiger partial charge is 0.433 e. The number of hydrogen-bond donors (Lipinski definition) is 0. The molecule has 0 spiro atoms. The van der Waals surface area contributed by atoms with E-state index in [4.69, 9.17) is 4.74 Å². The molecule has 5 rings (SSSR count). The van der Waals surface area contributed by atoms with Crippen molar-refractivity contribution < 1.29 is 22.7 Å². The number of carbonyl (C=O) groups is 1. The summed E-state index contributed by atoms with van der Waals surface area (Å²) in [7, 11) is 0. The van der Waals surface area contributed by atoms with E-state index in [-0.39, 0.29) is 24.4 Å². The Morgan fingerprint density at radius 1 is 1.10 bits per heavy atom. The summed E-state index contributed by atoms with van der Waals surface area (Å²) >= 11 is 0. The third kappa shape index (κ3) is 3.71. The number of piperazine rings is 1. The average molecular weight is 419 g/mol. The second kappa shape index (κ2) is 7.19. The maximum atomic E-state index is 13.0. The van der Waals surface area contributed by atoms with Crippen LogP contribution in [0.5, 0.6) is 5.88 Å². The molecule has 0 bridgehead atoms. The first kappa shape index (κ1) is 19.2. The van der Waals surface area contributed by atoms with Crippen LogP contribution in [0.2, 0.25) is 0 Å². The van der Waals surface area contributed by atoms with Crippen molar-refractivity contribution in [1.29, 1.82) is 0 Å². The summed E-state index contributed by atoms with van der Waals surface area (Å²) in [5.41, 5.74) is -0.0262. The third-order valence-electron chi connectivity index (χ3n) is 5.76. The van der Waals surface area contributed by atoms with Crippen LogP contribution in [0.15, 0.2) is 30.6 Å². The maximum Gasteiger partial charge on any atom is 0.433 e. The van der Waals surface area contributed by atoms with E-state index in [1.807, 2.05) is 4.90 Å². The topological polar surface area (TPSA) is 71.5 Å². The van der Waals surface area contributed by atoms with Crippen LogP contribution in [0.4, 0.5) is 19.0 Å². The van der Waals surface area contributed by atoms with E-state index in [2.05, 4.69) is 15.0 Å². The monoisotopic (exact) mass is 419 g/mol. The molecule has 0 aromatic carbocycles. The fraction of sp³-hybridized carbons (Fsp3) is 0.500. The van der Waals surface area contributed by atoms with Crippen molar-refractivity contribution in [2.24, 2.45) is 0 Å². The number of alkyl halides is 3. The number of pyridine rings is 1. The quantitative estimate of drug-likeness (QED) is 0.759. The van der Waals surface area contributed by atoms with Gasteiger partial charge in [0.1, 0.15) is 17.6 Å². The number of rotatable bonds is 4. The van der Waals surface area contributed by atoms with Gasteiger partial charge in [-0.3, -0.25) is 19.6 Å². The predicted octanol–water partition coefficient (Wildman–Crippen LogP) is 2.64. The average Bonchev–Trinajstić information content (AvgIpc) is 3.49. The minimum absolute atomic E-state index is 0.0281. The molecule has 2 saturated heterocycles. The van der Waals surface area contributed by atoms with Crippen LogP contribution in [-0.4, -0.2) is 57.5 Å².